The van der Waals surface area contributed by atoms with Crippen LogP contribution in [0.15, 0.2) is 84.9 Å². The van der Waals surface area contributed by atoms with Gasteiger partial charge in [0, 0.05) is 12.1 Å². The van der Waals surface area contributed by atoms with Crippen LogP contribution in [0.25, 0.3) is 0 Å². The van der Waals surface area contributed by atoms with Gasteiger partial charge in [-0.15, -0.1) is 0 Å². The molecule has 0 radical (unpaired) electrons. The number of rotatable bonds is 10. The number of amides is 2. The van der Waals surface area contributed by atoms with Gasteiger partial charge < -0.3 is 15.4 Å². The van der Waals surface area contributed by atoms with Gasteiger partial charge in [-0.3, -0.25) is 9.59 Å². The topological polar surface area (TPSA) is 67.4 Å². The summed E-state index contributed by atoms with van der Waals surface area (Å²) in [5, 5.41) is 5.71. The lowest BCUT2D eigenvalue weighted by atomic mass is 10.1. The highest BCUT2D eigenvalue weighted by Gasteiger charge is 2.22. The Morgan fingerprint density at radius 2 is 1.48 bits per heavy atom. The van der Waals surface area contributed by atoms with Gasteiger partial charge in [-0.1, -0.05) is 48.5 Å². The normalized spacial score (nSPS) is 11.4. The van der Waals surface area contributed by atoms with Gasteiger partial charge in [0.2, 0.25) is 5.91 Å². The van der Waals surface area contributed by atoms with E-state index in [1.54, 1.807) is 36.4 Å². The van der Waals surface area contributed by atoms with E-state index in [1.807, 2.05) is 36.4 Å². The third-order valence-corrected chi connectivity index (χ3v) is 4.66. The predicted octanol–water partition coefficient (Wildman–Crippen LogP) is 4.27. The molecule has 0 aliphatic rings. The van der Waals surface area contributed by atoms with Crippen molar-refractivity contribution in [1.82, 2.24) is 10.6 Å². The molecule has 1 atom stereocenters. The van der Waals surface area contributed by atoms with Crippen molar-refractivity contribution in [2.45, 2.75) is 18.9 Å². The molecule has 5 nitrogen and oxygen atoms in total. The van der Waals surface area contributed by atoms with E-state index in [1.165, 1.54) is 12.1 Å². The Morgan fingerprint density at radius 1 is 0.839 bits per heavy atom. The number of hydrogen-bond donors (Lipinski definition) is 2. The highest BCUT2D eigenvalue weighted by Crippen LogP contribution is 2.15. The van der Waals surface area contributed by atoms with Crippen molar-refractivity contribution in [3.63, 3.8) is 0 Å². The molecule has 0 heterocycles. The fourth-order valence-electron chi connectivity index (χ4n) is 3.01. The average molecular weight is 420 g/mol. The van der Waals surface area contributed by atoms with Crippen molar-refractivity contribution in [2.24, 2.45) is 0 Å². The van der Waals surface area contributed by atoms with Gasteiger partial charge >= 0.3 is 0 Å². The van der Waals surface area contributed by atoms with E-state index in [-0.39, 0.29) is 17.6 Å². The molecule has 160 valence electrons. The van der Waals surface area contributed by atoms with Gasteiger partial charge in [-0.2, -0.15) is 0 Å². The largest absolute Gasteiger partial charge is 0.494 e. The minimum Gasteiger partial charge on any atom is -0.494 e. The second kappa shape index (κ2) is 11.5. The molecule has 0 fully saturated rings. The molecule has 2 N–H and O–H groups in total. The van der Waals surface area contributed by atoms with E-state index >= 15 is 0 Å². The summed E-state index contributed by atoms with van der Waals surface area (Å²) in [7, 11) is 0. The summed E-state index contributed by atoms with van der Waals surface area (Å²) in [4.78, 5) is 25.4. The summed E-state index contributed by atoms with van der Waals surface area (Å²) in [6.07, 6.45) is 1.44. The highest BCUT2D eigenvalue weighted by molar-refractivity contribution is 5.97. The van der Waals surface area contributed by atoms with Gasteiger partial charge in [0.05, 0.1) is 6.61 Å². The van der Waals surface area contributed by atoms with E-state index in [9.17, 15) is 14.0 Å². The van der Waals surface area contributed by atoms with Crippen molar-refractivity contribution in [2.75, 3.05) is 13.2 Å². The van der Waals surface area contributed by atoms with Gasteiger partial charge in [-0.05, 0) is 54.8 Å². The van der Waals surface area contributed by atoms with Crippen molar-refractivity contribution >= 4 is 11.8 Å². The Bertz CT molecular complexity index is 963. The van der Waals surface area contributed by atoms with E-state index < -0.39 is 6.04 Å². The molecule has 6 heteroatoms. The van der Waals surface area contributed by atoms with E-state index in [2.05, 4.69) is 10.6 Å². The van der Waals surface area contributed by atoms with Crippen LogP contribution >= 0.6 is 0 Å². The minimum atomic E-state index is -0.788. The molecule has 0 aromatic heterocycles. The zero-order valence-corrected chi connectivity index (χ0v) is 17.1. The van der Waals surface area contributed by atoms with Gasteiger partial charge in [0.25, 0.3) is 5.91 Å². The Hall–Kier alpha value is -3.67. The van der Waals surface area contributed by atoms with E-state index in [4.69, 9.17) is 4.74 Å². The number of halogens is 1. The second-order valence-corrected chi connectivity index (χ2v) is 6.98. The number of benzene rings is 3. The lowest BCUT2D eigenvalue weighted by Crippen LogP contribution is -2.40. The Labute approximate surface area is 181 Å². The molecule has 0 aliphatic heterocycles. The lowest BCUT2D eigenvalue weighted by molar-refractivity contribution is -0.123. The first-order valence-corrected chi connectivity index (χ1v) is 10.2. The van der Waals surface area contributed by atoms with Crippen LogP contribution in [0, 0.1) is 5.82 Å². The first-order chi connectivity index (χ1) is 15.1. The van der Waals surface area contributed by atoms with Crippen LogP contribution in [0.3, 0.4) is 0 Å². The monoisotopic (exact) mass is 420 g/mol. The molecule has 0 spiro atoms. The summed E-state index contributed by atoms with van der Waals surface area (Å²) < 4.78 is 18.4. The number of ether oxygens (including phenoxy) is 1. The maximum absolute atomic E-state index is 12.9. The molecular formula is C25H25FN2O3. The second-order valence-electron chi connectivity index (χ2n) is 6.98. The lowest BCUT2D eigenvalue weighted by Gasteiger charge is -2.19. The fourth-order valence-corrected chi connectivity index (χ4v) is 3.01. The Balaban J connectivity index is 1.49. The van der Waals surface area contributed by atoms with Gasteiger partial charge in [0.1, 0.15) is 17.6 Å². The van der Waals surface area contributed by atoms with Crippen molar-refractivity contribution in [1.29, 1.82) is 0 Å². The number of carbonyl (C=O) groups excluding carboxylic acids is 2. The van der Waals surface area contributed by atoms with Gasteiger partial charge in [0.15, 0.2) is 0 Å². The third kappa shape index (κ3) is 6.96. The smallest absolute Gasteiger partial charge is 0.252 e. The molecule has 3 rings (SSSR count). The Kier molecular flexibility index (Phi) is 8.17. The highest BCUT2D eigenvalue weighted by atomic mass is 19.1. The SMILES string of the molecule is O=C(NC(C(=O)NCCCCOc1ccc(F)cc1)c1ccccc1)c1ccccc1. The Morgan fingerprint density at radius 3 is 2.16 bits per heavy atom. The zero-order chi connectivity index (χ0) is 21.9. The summed E-state index contributed by atoms with van der Waals surface area (Å²) in [6, 6.07) is 23.0. The maximum Gasteiger partial charge on any atom is 0.252 e. The summed E-state index contributed by atoms with van der Waals surface area (Å²) >= 11 is 0. The molecule has 2 amide bonds. The van der Waals surface area contributed by atoms with Crippen LogP contribution in [0.4, 0.5) is 4.39 Å². The van der Waals surface area contributed by atoms with Crippen LogP contribution in [0.1, 0.15) is 34.8 Å². The summed E-state index contributed by atoms with van der Waals surface area (Å²) in [5.41, 5.74) is 1.21. The molecule has 0 bridgehead atoms. The molecule has 0 saturated heterocycles. The average Bonchev–Trinajstić information content (AvgIpc) is 2.81. The van der Waals surface area contributed by atoms with Crippen LogP contribution in [0.5, 0.6) is 5.75 Å². The van der Waals surface area contributed by atoms with Crippen LogP contribution in [0.2, 0.25) is 0 Å². The number of hydrogen-bond acceptors (Lipinski definition) is 3. The van der Waals surface area contributed by atoms with Crippen molar-refractivity contribution < 1.29 is 18.7 Å². The number of carbonyl (C=O) groups is 2. The van der Waals surface area contributed by atoms with Crippen LogP contribution < -0.4 is 15.4 Å². The number of unbranched alkanes of at least 4 members (excludes halogenated alkanes) is 1. The van der Waals surface area contributed by atoms with Crippen molar-refractivity contribution in [3.05, 3.63) is 102 Å². The molecule has 0 aliphatic carbocycles. The zero-order valence-electron chi connectivity index (χ0n) is 17.1. The minimum absolute atomic E-state index is 0.269. The maximum atomic E-state index is 12.9. The molecule has 31 heavy (non-hydrogen) atoms. The molecule has 3 aromatic rings. The summed E-state index contributed by atoms with van der Waals surface area (Å²) in [5.74, 6) is -0.271. The number of nitrogens with one attached hydrogen (secondary N) is 2. The summed E-state index contributed by atoms with van der Waals surface area (Å²) in [6.45, 7) is 0.921. The van der Waals surface area contributed by atoms with Crippen LogP contribution in [-0.4, -0.2) is 25.0 Å². The fraction of sp³-hybridized carbons (Fsp3) is 0.200. The quantitative estimate of drug-likeness (QED) is 0.481. The van der Waals surface area contributed by atoms with Crippen molar-refractivity contribution in [3.8, 4) is 5.75 Å². The first-order valence-electron chi connectivity index (χ1n) is 10.2. The first kappa shape index (κ1) is 22.0. The molecule has 1 unspecified atom stereocenters. The van der Waals surface area contributed by atoms with Gasteiger partial charge in [-0.25, -0.2) is 4.39 Å². The molecular weight excluding hydrogens is 395 g/mol. The third-order valence-electron chi connectivity index (χ3n) is 4.66. The molecule has 3 aromatic carbocycles. The standard InChI is InChI=1S/C25H25FN2O3/c26-21-13-15-22(16-14-21)31-18-8-7-17-27-25(30)23(19-9-3-1-4-10-19)28-24(29)20-11-5-2-6-12-20/h1-6,9-16,23H,7-8,17-18H2,(H,27,30)(H,28,29). The predicted molar refractivity (Wildman–Crippen MR) is 117 cm³/mol. The van der Waals surface area contributed by atoms with E-state index in [0.717, 1.165) is 6.42 Å². The molecule has 0 saturated carbocycles. The van der Waals surface area contributed by atoms with Crippen LogP contribution in [-0.2, 0) is 4.79 Å². The van der Waals surface area contributed by atoms with E-state index in [0.29, 0.717) is 36.4 Å².